The topological polar surface area (TPSA) is 80.3 Å². The number of allylic oxidation sites excluding steroid dienone is 3. The van der Waals surface area contributed by atoms with E-state index in [1.807, 2.05) is 13.0 Å². The molecule has 30 heavy (non-hydrogen) atoms. The third-order valence-electron chi connectivity index (χ3n) is 6.38. The van der Waals surface area contributed by atoms with Crippen LogP contribution >= 0.6 is 0 Å². The molecule has 0 aromatic carbocycles. The van der Waals surface area contributed by atoms with Gasteiger partial charge in [-0.3, -0.25) is 4.79 Å². The maximum atomic E-state index is 12.6. The normalized spacial score (nSPS) is 39.8. The lowest BCUT2D eigenvalue weighted by atomic mass is 9.75. The first-order chi connectivity index (χ1) is 14.3. The summed E-state index contributed by atoms with van der Waals surface area (Å²) >= 11 is 0. The molecule has 6 unspecified atom stereocenters. The van der Waals surface area contributed by atoms with Crippen LogP contribution in [0.4, 0.5) is 0 Å². The summed E-state index contributed by atoms with van der Waals surface area (Å²) < 4.78 is 28.5. The van der Waals surface area contributed by atoms with Crippen molar-refractivity contribution in [1.29, 1.82) is 0 Å². The maximum Gasteiger partial charge on any atom is 0.336 e. The Kier molecular flexibility index (Phi) is 6.06. The Balaban J connectivity index is 1.58. The number of rotatable bonds is 5. The second kappa shape index (κ2) is 8.44. The van der Waals surface area contributed by atoms with E-state index in [-0.39, 0.29) is 17.8 Å². The second-order valence-electron chi connectivity index (χ2n) is 9.47. The fraction of sp³-hybridized carbons (Fsp3) is 0.739. The van der Waals surface area contributed by atoms with Crippen LogP contribution in [0.5, 0.6) is 0 Å². The summed E-state index contributed by atoms with van der Waals surface area (Å²) in [6.45, 7) is 8.41. The zero-order valence-corrected chi connectivity index (χ0v) is 18.2. The van der Waals surface area contributed by atoms with Crippen LogP contribution in [0.1, 0.15) is 59.8 Å². The Morgan fingerprint density at radius 2 is 2.03 bits per heavy atom. The third kappa shape index (κ3) is 4.20. The molecule has 4 fully saturated rings. The molecule has 0 bridgehead atoms. The summed E-state index contributed by atoms with van der Waals surface area (Å²) in [6.07, 6.45) is 6.58. The number of hydrogen-bond donors (Lipinski definition) is 0. The van der Waals surface area contributed by atoms with Crippen LogP contribution in [0.25, 0.3) is 0 Å². The van der Waals surface area contributed by atoms with E-state index in [9.17, 15) is 9.59 Å². The molecule has 3 heterocycles. The molecule has 3 aliphatic heterocycles. The summed E-state index contributed by atoms with van der Waals surface area (Å²) in [5.74, 6) is -1.38. The number of ether oxygens (including phenoxy) is 5. The van der Waals surface area contributed by atoms with E-state index in [2.05, 4.69) is 19.9 Å². The predicted octanol–water partition coefficient (Wildman–Crippen LogP) is 3.63. The van der Waals surface area contributed by atoms with E-state index in [4.69, 9.17) is 23.7 Å². The molecule has 6 atom stereocenters. The minimum absolute atomic E-state index is 0.273. The number of carbonyl (C=O) groups excluding carboxylic acids is 2. The largest absolute Gasteiger partial charge is 0.433 e. The fourth-order valence-electron chi connectivity index (χ4n) is 5.11. The highest BCUT2D eigenvalue weighted by molar-refractivity contribution is 5.92. The highest BCUT2D eigenvalue weighted by Crippen LogP contribution is 2.50. The average Bonchev–Trinajstić information content (AvgIpc) is 3.24. The van der Waals surface area contributed by atoms with Crippen molar-refractivity contribution in [2.75, 3.05) is 6.61 Å². The van der Waals surface area contributed by atoms with Gasteiger partial charge in [0.15, 0.2) is 6.29 Å². The number of carbonyl (C=O) groups is 2. The third-order valence-corrected chi connectivity index (χ3v) is 6.38. The molecule has 0 amide bonds. The molecule has 7 nitrogen and oxygen atoms in total. The number of esters is 2. The number of fused-ring (bicyclic) bond motifs is 3. The van der Waals surface area contributed by atoms with E-state index in [1.165, 1.54) is 18.9 Å². The van der Waals surface area contributed by atoms with Crippen LogP contribution in [0.15, 0.2) is 23.3 Å². The van der Waals surface area contributed by atoms with Gasteiger partial charge in [0.25, 0.3) is 0 Å². The molecular formula is C23H32O7. The van der Waals surface area contributed by atoms with E-state index in [1.54, 1.807) is 0 Å². The van der Waals surface area contributed by atoms with Crippen molar-refractivity contribution in [2.45, 2.75) is 84.8 Å². The van der Waals surface area contributed by atoms with Gasteiger partial charge in [-0.15, -0.1) is 0 Å². The summed E-state index contributed by atoms with van der Waals surface area (Å²) in [4.78, 5) is 24.1. The van der Waals surface area contributed by atoms with Crippen molar-refractivity contribution >= 4 is 11.9 Å². The first kappa shape index (κ1) is 21.5. The predicted molar refractivity (Wildman–Crippen MR) is 107 cm³/mol. The van der Waals surface area contributed by atoms with E-state index < -0.39 is 30.9 Å². The first-order valence-corrected chi connectivity index (χ1v) is 11.0. The van der Waals surface area contributed by atoms with Gasteiger partial charge in [0.05, 0.1) is 11.8 Å². The van der Waals surface area contributed by atoms with E-state index >= 15 is 0 Å². The Morgan fingerprint density at radius 3 is 2.73 bits per heavy atom. The highest BCUT2D eigenvalue weighted by Gasteiger charge is 2.63. The summed E-state index contributed by atoms with van der Waals surface area (Å²) in [7, 11) is 0. The molecule has 0 aromatic rings. The standard InChI is InChI=1S/C23H32O7/c1-5-11-26-18-17-16-15(9-8-14-7-6-10-23(3,4)12-14)19(25)28-20(16)29-21(17)30-22(18)27-13(2)24/h8-9,16-18,20-22H,5-7,10-12H2,1-4H3. The lowest BCUT2D eigenvalue weighted by Crippen LogP contribution is -2.37. The van der Waals surface area contributed by atoms with Gasteiger partial charge in [-0.05, 0) is 37.5 Å². The van der Waals surface area contributed by atoms with Gasteiger partial charge in [0.2, 0.25) is 12.6 Å². The van der Waals surface area contributed by atoms with Crippen molar-refractivity contribution in [1.82, 2.24) is 0 Å². The molecule has 1 saturated carbocycles. The van der Waals surface area contributed by atoms with Crippen LogP contribution in [-0.4, -0.2) is 43.5 Å². The van der Waals surface area contributed by atoms with Gasteiger partial charge in [0.1, 0.15) is 6.10 Å². The van der Waals surface area contributed by atoms with Crippen LogP contribution in [0.3, 0.4) is 0 Å². The Hall–Kier alpha value is -1.70. The van der Waals surface area contributed by atoms with Crippen LogP contribution in [0.2, 0.25) is 0 Å². The molecule has 4 rings (SSSR count). The Bertz CT molecular complexity index is 753. The quantitative estimate of drug-likeness (QED) is 0.496. The van der Waals surface area contributed by atoms with Gasteiger partial charge in [-0.1, -0.05) is 38.5 Å². The van der Waals surface area contributed by atoms with Gasteiger partial charge in [-0.25, -0.2) is 4.79 Å². The molecule has 3 saturated heterocycles. The Morgan fingerprint density at radius 1 is 1.23 bits per heavy atom. The summed E-state index contributed by atoms with van der Waals surface area (Å²) in [5, 5.41) is 0. The van der Waals surface area contributed by atoms with Crippen LogP contribution < -0.4 is 0 Å². The van der Waals surface area contributed by atoms with Crippen molar-refractivity contribution in [3.8, 4) is 0 Å². The van der Waals surface area contributed by atoms with Crippen molar-refractivity contribution < 1.29 is 33.3 Å². The summed E-state index contributed by atoms with van der Waals surface area (Å²) in [6, 6.07) is 0. The van der Waals surface area contributed by atoms with Gasteiger partial charge >= 0.3 is 11.9 Å². The molecule has 0 radical (unpaired) electrons. The highest BCUT2D eigenvalue weighted by atomic mass is 16.8. The molecular weight excluding hydrogens is 388 g/mol. The lowest BCUT2D eigenvalue weighted by Gasteiger charge is -2.31. The van der Waals surface area contributed by atoms with Crippen molar-refractivity contribution in [2.24, 2.45) is 17.3 Å². The number of hydrogen-bond acceptors (Lipinski definition) is 7. The minimum Gasteiger partial charge on any atom is -0.433 e. The molecule has 0 N–H and O–H groups in total. The molecule has 4 aliphatic rings. The van der Waals surface area contributed by atoms with Crippen LogP contribution in [0, 0.1) is 17.3 Å². The molecule has 0 spiro atoms. The monoisotopic (exact) mass is 420 g/mol. The zero-order valence-electron chi connectivity index (χ0n) is 18.2. The van der Waals surface area contributed by atoms with Gasteiger partial charge in [-0.2, -0.15) is 0 Å². The van der Waals surface area contributed by atoms with E-state index in [0.717, 1.165) is 25.7 Å². The van der Waals surface area contributed by atoms with E-state index in [0.29, 0.717) is 17.6 Å². The zero-order chi connectivity index (χ0) is 21.5. The van der Waals surface area contributed by atoms with Crippen LogP contribution in [-0.2, 0) is 33.3 Å². The average molecular weight is 421 g/mol. The van der Waals surface area contributed by atoms with Gasteiger partial charge < -0.3 is 23.7 Å². The van der Waals surface area contributed by atoms with Crippen molar-refractivity contribution in [3.63, 3.8) is 0 Å². The second-order valence-corrected chi connectivity index (χ2v) is 9.47. The molecule has 1 aliphatic carbocycles. The smallest absolute Gasteiger partial charge is 0.336 e. The fourth-order valence-corrected chi connectivity index (χ4v) is 5.11. The lowest BCUT2D eigenvalue weighted by molar-refractivity contribution is -0.245. The molecule has 7 heteroatoms. The SMILES string of the molecule is CCCOC1C(OC(C)=O)OC2OC3OC(=O)C(=CC=C4CCCC(C)(C)C4)C3C21. The minimum atomic E-state index is -0.848. The maximum absolute atomic E-state index is 12.6. The molecule has 166 valence electrons. The Labute approximate surface area is 177 Å². The van der Waals surface area contributed by atoms with Crippen molar-refractivity contribution in [3.05, 3.63) is 23.3 Å². The summed E-state index contributed by atoms with van der Waals surface area (Å²) in [5.41, 5.74) is 2.23. The van der Waals surface area contributed by atoms with Gasteiger partial charge in [0, 0.05) is 19.1 Å². The molecule has 0 aromatic heterocycles. The first-order valence-electron chi connectivity index (χ1n) is 11.0.